The van der Waals surface area contributed by atoms with E-state index in [1.807, 2.05) is 43.7 Å². The molecule has 0 fully saturated rings. The Hall–Kier alpha value is -2.30. The number of amides is 1. The van der Waals surface area contributed by atoms with Gasteiger partial charge in [0.2, 0.25) is 0 Å². The lowest BCUT2D eigenvalue weighted by molar-refractivity contribution is 0.0221. The number of hydrogen-bond acceptors (Lipinski definition) is 3. The van der Waals surface area contributed by atoms with Gasteiger partial charge in [-0.25, -0.2) is 4.79 Å². The van der Waals surface area contributed by atoms with Crippen molar-refractivity contribution in [2.75, 3.05) is 6.54 Å². The summed E-state index contributed by atoms with van der Waals surface area (Å²) in [5.41, 5.74) is 4.20. The summed E-state index contributed by atoms with van der Waals surface area (Å²) >= 11 is 0. The van der Waals surface area contributed by atoms with Crippen molar-refractivity contribution in [2.24, 2.45) is 0 Å². The average molecular weight is 327 g/mol. The molecule has 0 unspecified atom stereocenters. The average Bonchev–Trinajstić information content (AvgIpc) is 2.82. The van der Waals surface area contributed by atoms with Crippen LogP contribution < -0.4 is 0 Å². The van der Waals surface area contributed by atoms with Crippen LogP contribution in [-0.2, 0) is 24.2 Å². The summed E-state index contributed by atoms with van der Waals surface area (Å²) < 4.78 is 7.52. The minimum Gasteiger partial charge on any atom is -0.444 e. The standard InChI is InChI=1S/C19H25N3O2/c1-14-16-10-11-21(18(23)24-19(2,3)4)13-17(16)20-22(14)12-15-8-6-5-7-9-15/h5-9H,10-13H2,1-4H3. The molecule has 1 aliphatic heterocycles. The Labute approximate surface area is 143 Å². The fourth-order valence-corrected chi connectivity index (χ4v) is 3.00. The zero-order valence-electron chi connectivity index (χ0n) is 14.9. The van der Waals surface area contributed by atoms with E-state index in [2.05, 4.69) is 19.1 Å². The highest BCUT2D eigenvalue weighted by atomic mass is 16.6. The lowest BCUT2D eigenvalue weighted by Crippen LogP contribution is -2.39. The van der Waals surface area contributed by atoms with Crippen molar-refractivity contribution >= 4 is 6.09 Å². The van der Waals surface area contributed by atoms with E-state index in [1.54, 1.807) is 4.90 Å². The lowest BCUT2D eigenvalue weighted by atomic mass is 10.1. The second kappa shape index (κ2) is 6.30. The van der Waals surface area contributed by atoms with Crippen LogP contribution in [0.1, 0.15) is 43.3 Å². The highest BCUT2D eigenvalue weighted by Crippen LogP contribution is 2.23. The van der Waals surface area contributed by atoms with Crippen LogP contribution in [0.25, 0.3) is 0 Å². The monoisotopic (exact) mass is 327 g/mol. The molecule has 0 aliphatic carbocycles. The van der Waals surface area contributed by atoms with Gasteiger partial charge in [0.15, 0.2) is 0 Å². The van der Waals surface area contributed by atoms with Gasteiger partial charge in [-0.05, 0) is 45.2 Å². The molecule has 0 spiro atoms. The molecule has 5 heteroatoms. The molecule has 1 aliphatic rings. The molecular formula is C19H25N3O2. The van der Waals surface area contributed by atoms with Gasteiger partial charge in [0.25, 0.3) is 0 Å². The summed E-state index contributed by atoms with van der Waals surface area (Å²) in [7, 11) is 0. The number of carbonyl (C=O) groups excluding carboxylic acids is 1. The Balaban J connectivity index is 1.75. The van der Waals surface area contributed by atoms with Crippen LogP contribution in [0.5, 0.6) is 0 Å². The van der Waals surface area contributed by atoms with Gasteiger partial charge < -0.3 is 9.64 Å². The van der Waals surface area contributed by atoms with Gasteiger partial charge in [-0.1, -0.05) is 30.3 Å². The van der Waals surface area contributed by atoms with Gasteiger partial charge in [-0.15, -0.1) is 0 Å². The number of benzene rings is 1. The largest absolute Gasteiger partial charge is 0.444 e. The Bertz CT molecular complexity index is 729. The van der Waals surface area contributed by atoms with Crippen LogP contribution in [0, 0.1) is 6.92 Å². The number of rotatable bonds is 2. The first-order chi connectivity index (χ1) is 11.3. The molecule has 2 aromatic rings. The van der Waals surface area contributed by atoms with Gasteiger partial charge >= 0.3 is 6.09 Å². The van der Waals surface area contributed by atoms with E-state index in [0.29, 0.717) is 13.1 Å². The number of ether oxygens (including phenoxy) is 1. The smallest absolute Gasteiger partial charge is 0.410 e. The summed E-state index contributed by atoms with van der Waals surface area (Å²) in [6, 6.07) is 10.3. The zero-order chi connectivity index (χ0) is 17.3. The maximum Gasteiger partial charge on any atom is 0.410 e. The molecule has 0 atom stereocenters. The van der Waals surface area contributed by atoms with Gasteiger partial charge in [-0.2, -0.15) is 5.10 Å². The molecule has 0 radical (unpaired) electrons. The van der Waals surface area contributed by atoms with E-state index >= 15 is 0 Å². The summed E-state index contributed by atoms with van der Waals surface area (Å²) in [5, 5.41) is 4.74. The van der Waals surface area contributed by atoms with Crippen LogP contribution in [0.3, 0.4) is 0 Å². The van der Waals surface area contributed by atoms with E-state index in [4.69, 9.17) is 9.84 Å². The molecule has 0 N–H and O–H groups in total. The third-order valence-corrected chi connectivity index (χ3v) is 4.21. The summed E-state index contributed by atoms with van der Waals surface area (Å²) in [6.45, 7) is 9.73. The van der Waals surface area contributed by atoms with Gasteiger partial charge in [0, 0.05) is 12.2 Å². The van der Waals surface area contributed by atoms with Gasteiger partial charge in [0.1, 0.15) is 5.60 Å². The highest BCUT2D eigenvalue weighted by Gasteiger charge is 2.28. The molecule has 128 valence electrons. The Kier molecular flexibility index (Phi) is 4.35. The third kappa shape index (κ3) is 3.61. The number of nitrogens with zero attached hydrogens (tertiary/aromatic N) is 3. The minimum absolute atomic E-state index is 0.261. The van der Waals surface area contributed by atoms with Crippen molar-refractivity contribution in [3.63, 3.8) is 0 Å². The molecule has 0 saturated heterocycles. The Morgan fingerprint density at radius 3 is 2.62 bits per heavy atom. The van der Waals surface area contributed by atoms with Crippen LogP contribution in [0.4, 0.5) is 4.79 Å². The predicted molar refractivity (Wildman–Crippen MR) is 92.9 cm³/mol. The lowest BCUT2D eigenvalue weighted by Gasteiger charge is -2.29. The number of carbonyl (C=O) groups is 1. The number of aromatic nitrogens is 2. The van der Waals surface area contributed by atoms with E-state index in [-0.39, 0.29) is 6.09 Å². The Morgan fingerprint density at radius 2 is 1.96 bits per heavy atom. The van der Waals surface area contributed by atoms with Crippen LogP contribution in [0.15, 0.2) is 30.3 Å². The first-order valence-electron chi connectivity index (χ1n) is 8.40. The van der Waals surface area contributed by atoms with Crippen molar-refractivity contribution in [2.45, 2.75) is 52.8 Å². The van der Waals surface area contributed by atoms with Crippen molar-refractivity contribution in [3.05, 3.63) is 52.8 Å². The minimum atomic E-state index is -0.472. The molecule has 1 aromatic heterocycles. The molecular weight excluding hydrogens is 302 g/mol. The van der Waals surface area contributed by atoms with Gasteiger partial charge in [-0.3, -0.25) is 4.68 Å². The zero-order valence-corrected chi connectivity index (χ0v) is 14.9. The molecule has 3 rings (SSSR count). The second-order valence-corrected chi connectivity index (χ2v) is 7.31. The maximum atomic E-state index is 12.3. The van der Waals surface area contributed by atoms with Crippen LogP contribution in [0.2, 0.25) is 0 Å². The Morgan fingerprint density at radius 1 is 1.25 bits per heavy atom. The molecule has 0 bridgehead atoms. The fourth-order valence-electron chi connectivity index (χ4n) is 3.00. The number of hydrogen-bond donors (Lipinski definition) is 0. The predicted octanol–water partition coefficient (Wildman–Crippen LogP) is 3.53. The van der Waals surface area contributed by atoms with Gasteiger partial charge in [0.05, 0.1) is 18.8 Å². The SMILES string of the molecule is Cc1c2c(nn1Cc1ccccc1)CN(C(=O)OC(C)(C)C)CC2. The highest BCUT2D eigenvalue weighted by molar-refractivity contribution is 5.68. The van der Waals surface area contributed by atoms with Crippen molar-refractivity contribution < 1.29 is 9.53 Å². The molecule has 2 heterocycles. The summed E-state index contributed by atoms with van der Waals surface area (Å²) in [5.74, 6) is 0. The first kappa shape index (κ1) is 16.6. The topological polar surface area (TPSA) is 47.4 Å². The molecule has 1 aromatic carbocycles. The van der Waals surface area contributed by atoms with Crippen molar-refractivity contribution in [1.29, 1.82) is 0 Å². The number of fused-ring (bicyclic) bond motifs is 1. The molecule has 1 amide bonds. The van der Waals surface area contributed by atoms with E-state index < -0.39 is 5.60 Å². The van der Waals surface area contributed by atoms with Crippen molar-refractivity contribution in [1.82, 2.24) is 14.7 Å². The first-order valence-corrected chi connectivity index (χ1v) is 8.40. The molecule has 24 heavy (non-hydrogen) atoms. The quantitative estimate of drug-likeness (QED) is 0.848. The third-order valence-electron chi connectivity index (χ3n) is 4.21. The molecule has 5 nitrogen and oxygen atoms in total. The van der Waals surface area contributed by atoms with E-state index in [9.17, 15) is 4.79 Å². The maximum absolute atomic E-state index is 12.3. The molecule has 0 saturated carbocycles. The van der Waals surface area contributed by atoms with Crippen LogP contribution >= 0.6 is 0 Å². The normalized spacial score (nSPS) is 14.4. The van der Waals surface area contributed by atoms with Crippen molar-refractivity contribution in [3.8, 4) is 0 Å². The summed E-state index contributed by atoms with van der Waals surface area (Å²) in [6.07, 6.45) is 0.568. The van der Waals surface area contributed by atoms with E-state index in [1.165, 1.54) is 16.8 Å². The van der Waals surface area contributed by atoms with Crippen LogP contribution in [-0.4, -0.2) is 32.9 Å². The summed E-state index contributed by atoms with van der Waals surface area (Å²) in [4.78, 5) is 14.0. The fraction of sp³-hybridized carbons (Fsp3) is 0.474. The second-order valence-electron chi connectivity index (χ2n) is 7.31. The van der Waals surface area contributed by atoms with E-state index in [0.717, 1.165) is 18.7 Å².